The highest BCUT2D eigenvalue weighted by molar-refractivity contribution is 7.52. The lowest BCUT2D eigenvalue weighted by molar-refractivity contribution is -0.123. The van der Waals surface area contributed by atoms with E-state index in [0.29, 0.717) is 8.58 Å². The predicted molar refractivity (Wildman–Crippen MR) is 109 cm³/mol. The number of aromatic nitrogens is 2. The molecule has 0 radical (unpaired) electrons. The van der Waals surface area contributed by atoms with E-state index in [4.69, 9.17) is 0 Å². The Morgan fingerprint density at radius 3 is 2.96 bits per heavy atom. The molecule has 1 aromatic carbocycles. The third kappa shape index (κ3) is 3.07. The first kappa shape index (κ1) is 16.7. The van der Waals surface area contributed by atoms with Gasteiger partial charge in [0.25, 0.3) is 5.91 Å². The molecule has 2 atom stereocenters. The number of aryl methyl sites for hydroxylation is 1. The van der Waals surface area contributed by atoms with E-state index < -0.39 is 0 Å². The van der Waals surface area contributed by atoms with E-state index in [1.165, 1.54) is 0 Å². The summed E-state index contributed by atoms with van der Waals surface area (Å²) >= 11 is 0. The number of carbonyl (C=O) groups is 1. The lowest BCUT2D eigenvalue weighted by Crippen LogP contribution is -2.45. The summed E-state index contributed by atoms with van der Waals surface area (Å²) < 4.78 is 1.81. The summed E-state index contributed by atoms with van der Waals surface area (Å²) in [6.07, 6.45) is 7.63. The molecule has 7 nitrogen and oxygen atoms in total. The third-order valence-electron chi connectivity index (χ3n) is 5.10. The number of hydrogen-bond donors (Lipinski definition) is 1. The van der Waals surface area contributed by atoms with Crippen LogP contribution in [0.3, 0.4) is 0 Å². The summed E-state index contributed by atoms with van der Waals surface area (Å²) in [5, 5.41) is 9.93. The second-order valence-electron chi connectivity index (χ2n) is 6.97. The maximum Gasteiger partial charge on any atom is 0.252 e. The Morgan fingerprint density at radius 2 is 2.11 bits per heavy atom. The first-order valence-electron chi connectivity index (χ1n) is 9.13. The van der Waals surface area contributed by atoms with E-state index in [0.717, 1.165) is 53.8 Å². The van der Waals surface area contributed by atoms with Crippen LogP contribution in [0.4, 0.5) is 0 Å². The maximum absolute atomic E-state index is 12.8. The number of fused-ring (bicyclic) bond motifs is 2. The van der Waals surface area contributed by atoms with Gasteiger partial charge in [0.1, 0.15) is 5.82 Å². The van der Waals surface area contributed by atoms with Crippen LogP contribution >= 0.6 is 8.58 Å². The quantitative estimate of drug-likeness (QED) is 0.803. The van der Waals surface area contributed by atoms with Crippen molar-refractivity contribution in [2.24, 2.45) is 12.0 Å². The van der Waals surface area contributed by atoms with Crippen LogP contribution in [0.15, 0.2) is 47.5 Å². The van der Waals surface area contributed by atoms with Gasteiger partial charge in [0.2, 0.25) is 0 Å². The average Bonchev–Trinajstić information content (AvgIpc) is 3.07. The first-order chi connectivity index (χ1) is 13.2. The van der Waals surface area contributed by atoms with Crippen LogP contribution < -0.4 is 5.32 Å². The van der Waals surface area contributed by atoms with Crippen LogP contribution in [-0.4, -0.2) is 63.7 Å². The molecule has 5 rings (SSSR count). The van der Waals surface area contributed by atoms with Gasteiger partial charge in [-0.05, 0) is 23.0 Å². The highest BCUT2D eigenvalue weighted by Gasteiger charge is 2.30. The van der Waals surface area contributed by atoms with Gasteiger partial charge in [-0.25, -0.2) is 4.99 Å². The van der Waals surface area contributed by atoms with Crippen LogP contribution in [0.5, 0.6) is 0 Å². The van der Waals surface area contributed by atoms with Crippen LogP contribution in [0.2, 0.25) is 0 Å². The van der Waals surface area contributed by atoms with Gasteiger partial charge in [-0.1, -0.05) is 14.6 Å². The topological polar surface area (TPSA) is 65.8 Å². The minimum atomic E-state index is 0.00811. The molecule has 1 N–H and O–H groups in total. The van der Waals surface area contributed by atoms with Crippen molar-refractivity contribution >= 4 is 36.9 Å². The molecule has 3 aliphatic rings. The standard InChI is InChI=1S/C19H21N6OP/c1-23-11-14-8-13(2-3-15(14)22-23)16-9-18(26)25-12-17(21-10-19(25)27-16)24-6-4-20-5-7-24/h2-3,8-12,19-20,27H,4-7H2,1H3. The molecule has 8 heteroatoms. The van der Waals surface area contributed by atoms with Crippen molar-refractivity contribution in [3.63, 3.8) is 0 Å². The molecular weight excluding hydrogens is 359 g/mol. The van der Waals surface area contributed by atoms with Crippen molar-refractivity contribution in [2.75, 3.05) is 26.2 Å². The van der Waals surface area contributed by atoms with Crippen molar-refractivity contribution in [2.45, 2.75) is 5.78 Å². The number of piperazine rings is 1. The number of benzene rings is 1. The lowest BCUT2D eigenvalue weighted by Gasteiger charge is -2.36. The summed E-state index contributed by atoms with van der Waals surface area (Å²) in [5.41, 5.74) is 2.06. The number of aliphatic imine (C=N–C) groups is 1. The van der Waals surface area contributed by atoms with Crippen molar-refractivity contribution < 1.29 is 4.79 Å². The van der Waals surface area contributed by atoms with Gasteiger partial charge in [0, 0.05) is 57.1 Å². The fourth-order valence-electron chi connectivity index (χ4n) is 3.70. The molecule has 3 aliphatic heterocycles. The van der Waals surface area contributed by atoms with E-state index in [1.807, 2.05) is 41.3 Å². The number of amides is 1. The lowest BCUT2D eigenvalue weighted by atomic mass is 10.1. The first-order valence-corrected chi connectivity index (χ1v) is 10.2. The normalized spacial score (nSPS) is 23.6. The van der Waals surface area contributed by atoms with Gasteiger partial charge < -0.3 is 10.2 Å². The zero-order chi connectivity index (χ0) is 18.4. The number of nitrogens with one attached hydrogen (secondary N) is 1. The molecule has 2 unspecified atom stereocenters. The number of nitrogens with zero attached hydrogens (tertiary/aromatic N) is 5. The van der Waals surface area contributed by atoms with Gasteiger partial charge in [0.05, 0.1) is 17.5 Å². The average molecular weight is 380 g/mol. The summed E-state index contributed by atoms with van der Waals surface area (Å²) in [7, 11) is 2.40. The summed E-state index contributed by atoms with van der Waals surface area (Å²) in [5.74, 6) is 0.923. The van der Waals surface area contributed by atoms with Gasteiger partial charge in [-0.2, -0.15) is 5.10 Å². The van der Waals surface area contributed by atoms with E-state index in [-0.39, 0.29) is 11.7 Å². The molecule has 1 amide bonds. The zero-order valence-electron chi connectivity index (χ0n) is 15.1. The Hall–Kier alpha value is -2.50. The maximum atomic E-state index is 12.8. The van der Waals surface area contributed by atoms with Gasteiger partial charge in [0.15, 0.2) is 0 Å². The molecule has 2 aromatic rings. The molecule has 1 fully saturated rings. The number of hydrogen-bond acceptors (Lipinski definition) is 5. The van der Waals surface area contributed by atoms with Crippen molar-refractivity contribution in [3.05, 3.63) is 48.1 Å². The Balaban J connectivity index is 1.42. The Labute approximate surface area is 159 Å². The molecule has 1 saturated heterocycles. The Bertz CT molecular complexity index is 1000. The second-order valence-corrected chi connectivity index (χ2v) is 8.39. The zero-order valence-corrected chi connectivity index (χ0v) is 16.1. The summed E-state index contributed by atoms with van der Waals surface area (Å²) in [6.45, 7) is 3.74. The van der Waals surface area contributed by atoms with Gasteiger partial charge >= 0.3 is 0 Å². The van der Waals surface area contributed by atoms with Crippen molar-refractivity contribution in [3.8, 4) is 0 Å². The third-order valence-corrected chi connectivity index (χ3v) is 6.57. The molecule has 4 heterocycles. The van der Waals surface area contributed by atoms with E-state index in [1.54, 1.807) is 6.08 Å². The van der Waals surface area contributed by atoms with E-state index in [2.05, 4.69) is 32.4 Å². The van der Waals surface area contributed by atoms with E-state index in [9.17, 15) is 4.79 Å². The van der Waals surface area contributed by atoms with Gasteiger partial charge in [-0.15, -0.1) is 0 Å². The molecule has 0 saturated carbocycles. The highest BCUT2D eigenvalue weighted by Crippen LogP contribution is 2.43. The fourth-order valence-corrected chi connectivity index (χ4v) is 5.04. The van der Waals surface area contributed by atoms with Crippen molar-refractivity contribution in [1.29, 1.82) is 0 Å². The monoisotopic (exact) mass is 380 g/mol. The predicted octanol–water partition coefficient (Wildman–Crippen LogP) is 1.55. The minimum absolute atomic E-state index is 0.00811. The molecule has 0 spiro atoms. The van der Waals surface area contributed by atoms with E-state index >= 15 is 0 Å². The Kier molecular flexibility index (Phi) is 4.06. The largest absolute Gasteiger partial charge is 0.353 e. The number of rotatable bonds is 2. The fraction of sp³-hybridized carbons (Fsp3) is 0.316. The smallest absolute Gasteiger partial charge is 0.252 e. The molecular formula is C19H21N6OP. The molecule has 138 valence electrons. The van der Waals surface area contributed by atoms with Crippen LogP contribution in [0, 0.1) is 0 Å². The SMILES string of the molecule is Cn1cc2cc(C3=CC(=O)N4C=C(N5CCNCC5)N=CC4P3)ccc2n1. The summed E-state index contributed by atoms with van der Waals surface area (Å²) in [6, 6.07) is 6.19. The van der Waals surface area contributed by atoms with Crippen LogP contribution in [-0.2, 0) is 11.8 Å². The highest BCUT2D eigenvalue weighted by atomic mass is 31.1. The second kappa shape index (κ2) is 6.59. The molecule has 27 heavy (non-hydrogen) atoms. The summed E-state index contributed by atoms with van der Waals surface area (Å²) in [4.78, 5) is 21.5. The minimum Gasteiger partial charge on any atom is -0.353 e. The van der Waals surface area contributed by atoms with Gasteiger partial charge in [-0.3, -0.25) is 14.4 Å². The number of carbonyl (C=O) groups excluding carboxylic acids is 1. The van der Waals surface area contributed by atoms with Crippen LogP contribution in [0.25, 0.3) is 16.2 Å². The van der Waals surface area contributed by atoms with Crippen LogP contribution in [0.1, 0.15) is 5.56 Å². The molecule has 1 aromatic heterocycles. The van der Waals surface area contributed by atoms with Crippen molar-refractivity contribution in [1.82, 2.24) is 24.9 Å². The molecule has 0 aliphatic carbocycles. The molecule has 0 bridgehead atoms. The Morgan fingerprint density at radius 1 is 1.26 bits per heavy atom.